The van der Waals surface area contributed by atoms with Crippen LogP contribution in [-0.2, 0) is 6.18 Å². The molecule has 1 aliphatic carbocycles. The molecule has 0 aliphatic heterocycles. The van der Waals surface area contributed by atoms with E-state index in [1.54, 1.807) is 7.05 Å². The van der Waals surface area contributed by atoms with Crippen LogP contribution in [0.2, 0.25) is 0 Å². The topological polar surface area (TPSA) is 38.2 Å². The van der Waals surface area contributed by atoms with Crippen molar-refractivity contribution >= 4 is 11.5 Å². The third-order valence-electron chi connectivity index (χ3n) is 4.65. The number of methoxy groups -OCH3 is 1. The summed E-state index contributed by atoms with van der Waals surface area (Å²) in [5.41, 5.74) is 0.922. The molecule has 7 heteroatoms. The number of ether oxygens (including phenoxy) is 1. The molecule has 0 bridgehead atoms. The van der Waals surface area contributed by atoms with Gasteiger partial charge in [0.05, 0.1) is 7.11 Å². The van der Waals surface area contributed by atoms with Crippen molar-refractivity contribution in [1.82, 2.24) is 9.97 Å². The first kappa shape index (κ1) is 17.5. The summed E-state index contributed by atoms with van der Waals surface area (Å²) in [6, 6.07) is 7.50. The summed E-state index contributed by atoms with van der Waals surface area (Å²) in [6.07, 6.45) is 0.651. The molecule has 2 aromatic rings. The van der Waals surface area contributed by atoms with E-state index in [0.717, 1.165) is 43.1 Å². The molecule has 1 fully saturated rings. The van der Waals surface area contributed by atoms with E-state index < -0.39 is 11.7 Å². The molecule has 0 spiro atoms. The molecule has 1 heterocycles. The highest BCUT2D eigenvalue weighted by Crippen LogP contribution is 2.42. The quantitative estimate of drug-likeness (QED) is 0.783. The number of alkyl halides is 3. The highest BCUT2D eigenvalue weighted by atomic mass is 19.4. The monoisotopic (exact) mass is 351 g/mol. The Morgan fingerprint density at radius 1 is 1.16 bits per heavy atom. The minimum absolute atomic E-state index is 0.0896. The number of hydrogen-bond acceptors (Lipinski definition) is 4. The van der Waals surface area contributed by atoms with Gasteiger partial charge in [0.15, 0.2) is 5.82 Å². The van der Waals surface area contributed by atoms with Crippen LogP contribution in [0.5, 0.6) is 6.01 Å². The van der Waals surface area contributed by atoms with Crippen molar-refractivity contribution in [2.45, 2.75) is 37.8 Å². The third kappa shape index (κ3) is 3.55. The summed E-state index contributed by atoms with van der Waals surface area (Å²) in [5, 5.41) is 0. The van der Waals surface area contributed by atoms with Gasteiger partial charge in [0.1, 0.15) is 5.56 Å². The number of anilines is 2. The van der Waals surface area contributed by atoms with Crippen molar-refractivity contribution in [2.24, 2.45) is 0 Å². The highest BCUT2D eigenvalue weighted by Gasteiger charge is 2.37. The molecule has 25 heavy (non-hydrogen) atoms. The largest absolute Gasteiger partial charge is 0.467 e. The van der Waals surface area contributed by atoms with Crippen LogP contribution in [0.25, 0.3) is 0 Å². The lowest BCUT2D eigenvalue weighted by Crippen LogP contribution is -2.20. The molecule has 134 valence electrons. The Hall–Kier alpha value is -2.31. The molecule has 0 atom stereocenters. The Labute approximate surface area is 144 Å². The van der Waals surface area contributed by atoms with Crippen LogP contribution < -0.4 is 9.64 Å². The maximum Gasteiger partial charge on any atom is 0.421 e. The van der Waals surface area contributed by atoms with Crippen LogP contribution >= 0.6 is 0 Å². The number of aromatic nitrogens is 2. The highest BCUT2D eigenvalue weighted by molar-refractivity contribution is 5.66. The van der Waals surface area contributed by atoms with Crippen LogP contribution in [0, 0.1) is 0 Å². The molecule has 0 amide bonds. The van der Waals surface area contributed by atoms with E-state index in [4.69, 9.17) is 4.74 Å². The van der Waals surface area contributed by atoms with Crippen LogP contribution in [0.4, 0.5) is 24.7 Å². The zero-order valence-corrected chi connectivity index (χ0v) is 14.2. The van der Waals surface area contributed by atoms with E-state index in [9.17, 15) is 13.2 Å². The SMILES string of the molecule is COc1ncc(C(F)(F)F)c(N(C)c2ccccc2C2CCCC2)n1. The molecule has 3 rings (SSSR count). The fourth-order valence-corrected chi connectivity index (χ4v) is 3.40. The van der Waals surface area contributed by atoms with E-state index >= 15 is 0 Å². The van der Waals surface area contributed by atoms with Crippen molar-refractivity contribution in [1.29, 1.82) is 0 Å². The van der Waals surface area contributed by atoms with Gasteiger partial charge < -0.3 is 9.64 Å². The van der Waals surface area contributed by atoms with Crippen LogP contribution in [-0.4, -0.2) is 24.1 Å². The van der Waals surface area contributed by atoms with E-state index in [2.05, 4.69) is 9.97 Å². The van der Waals surface area contributed by atoms with Gasteiger partial charge in [-0.2, -0.15) is 18.2 Å². The van der Waals surface area contributed by atoms with Crippen LogP contribution in [0.3, 0.4) is 0 Å². The lowest BCUT2D eigenvalue weighted by Gasteiger charge is -2.26. The van der Waals surface area contributed by atoms with E-state index in [-0.39, 0.29) is 11.8 Å². The van der Waals surface area contributed by atoms with Gasteiger partial charge in [-0.1, -0.05) is 31.0 Å². The summed E-state index contributed by atoms with van der Waals surface area (Å²) in [7, 11) is 2.93. The van der Waals surface area contributed by atoms with Gasteiger partial charge in [-0.05, 0) is 30.4 Å². The van der Waals surface area contributed by atoms with Gasteiger partial charge in [-0.3, -0.25) is 0 Å². The second-order valence-electron chi connectivity index (χ2n) is 6.19. The number of halogens is 3. The Kier molecular flexibility index (Phi) is 4.83. The molecular weight excluding hydrogens is 331 g/mol. The smallest absolute Gasteiger partial charge is 0.421 e. The normalized spacial score (nSPS) is 15.4. The first-order chi connectivity index (χ1) is 11.9. The summed E-state index contributed by atoms with van der Waals surface area (Å²) in [4.78, 5) is 9.08. The Morgan fingerprint density at radius 2 is 1.84 bits per heavy atom. The minimum Gasteiger partial charge on any atom is -0.467 e. The average molecular weight is 351 g/mol. The fourth-order valence-electron chi connectivity index (χ4n) is 3.40. The van der Waals surface area contributed by atoms with Gasteiger partial charge >= 0.3 is 12.2 Å². The zero-order chi connectivity index (χ0) is 18.0. The van der Waals surface area contributed by atoms with E-state index in [1.807, 2.05) is 24.3 Å². The predicted octanol–water partition coefficient (Wildman–Crippen LogP) is 4.93. The lowest BCUT2D eigenvalue weighted by molar-refractivity contribution is -0.137. The summed E-state index contributed by atoms with van der Waals surface area (Å²) in [6.45, 7) is 0. The second-order valence-corrected chi connectivity index (χ2v) is 6.19. The third-order valence-corrected chi connectivity index (χ3v) is 4.65. The van der Waals surface area contributed by atoms with Crippen molar-refractivity contribution in [3.05, 3.63) is 41.6 Å². The van der Waals surface area contributed by atoms with Gasteiger partial charge in [-0.25, -0.2) is 4.98 Å². The first-order valence-electron chi connectivity index (χ1n) is 8.22. The number of benzene rings is 1. The molecule has 1 aromatic carbocycles. The lowest BCUT2D eigenvalue weighted by atomic mass is 9.95. The van der Waals surface area contributed by atoms with Gasteiger partial charge in [0, 0.05) is 18.9 Å². The fraction of sp³-hybridized carbons (Fsp3) is 0.444. The van der Waals surface area contributed by atoms with E-state index in [0.29, 0.717) is 5.92 Å². The molecule has 0 radical (unpaired) electrons. The molecular formula is C18H20F3N3O. The number of nitrogens with zero attached hydrogens (tertiary/aromatic N) is 3. The van der Waals surface area contributed by atoms with Crippen LogP contribution in [0.15, 0.2) is 30.5 Å². The van der Waals surface area contributed by atoms with Crippen LogP contribution in [0.1, 0.15) is 42.7 Å². The molecule has 0 saturated heterocycles. The minimum atomic E-state index is -4.54. The van der Waals surface area contributed by atoms with Gasteiger partial charge in [-0.15, -0.1) is 0 Å². The Morgan fingerprint density at radius 3 is 2.48 bits per heavy atom. The molecule has 1 saturated carbocycles. The van der Waals surface area contributed by atoms with Crippen molar-refractivity contribution < 1.29 is 17.9 Å². The number of para-hydroxylation sites is 1. The maximum absolute atomic E-state index is 13.4. The number of rotatable bonds is 4. The molecule has 0 unspecified atom stereocenters. The summed E-state index contributed by atoms with van der Waals surface area (Å²) >= 11 is 0. The average Bonchev–Trinajstić information content (AvgIpc) is 3.14. The van der Waals surface area contributed by atoms with Crippen molar-refractivity contribution in [2.75, 3.05) is 19.1 Å². The predicted molar refractivity (Wildman–Crippen MR) is 89.3 cm³/mol. The first-order valence-corrected chi connectivity index (χ1v) is 8.22. The molecule has 4 nitrogen and oxygen atoms in total. The Bertz CT molecular complexity index is 743. The molecule has 0 N–H and O–H groups in total. The molecule has 1 aromatic heterocycles. The van der Waals surface area contributed by atoms with Crippen molar-refractivity contribution in [3.8, 4) is 6.01 Å². The standard InChI is InChI=1S/C18H20F3N3O/c1-24(15-10-6-5-9-13(15)12-7-3-4-8-12)16-14(18(19,20)21)11-22-17(23-16)25-2/h5-6,9-12H,3-4,7-8H2,1-2H3. The summed E-state index contributed by atoms with van der Waals surface area (Å²) in [5.74, 6) is 0.168. The zero-order valence-electron chi connectivity index (χ0n) is 14.2. The maximum atomic E-state index is 13.4. The van der Waals surface area contributed by atoms with Crippen molar-refractivity contribution in [3.63, 3.8) is 0 Å². The summed E-state index contributed by atoms with van der Waals surface area (Å²) < 4.78 is 45.2. The second kappa shape index (κ2) is 6.90. The van der Waals surface area contributed by atoms with E-state index in [1.165, 1.54) is 12.0 Å². The Balaban J connectivity index is 2.08. The molecule has 1 aliphatic rings. The van der Waals surface area contributed by atoms with Gasteiger partial charge in [0.2, 0.25) is 0 Å². The number of hydrogen-bond donors (Lipinski definition) is 0. The van der Waals surface area contributed by atoms with Gasteiger partial charge in [0.25, 0.3) is 0 Å².